The number of urea groups is 1. The van der Waals surface area contributed by atoms with Crippen molar-refractivity contribution in [3.8, 4) is 0 Å². The highest BCUT2D eigenvalue weighted by molar-refractivity contribution is 6.04. The van der Waals surface area contributed by atoms with E-state index in [2.05, 4.69) is 15.4 Å². The predicted octanol–water partition coefficient (Wildman–Crippen LogP) is -0.242. The molecule has 3 rings (SSSR count). The molecule has 92 valence electrons. The zero-order valence-electron chi connectivity index (χ0n) is 9.33. The van der Waals surface area contributed by atoms with Gasteiger partial charge in [-0.2, -0.15) is 4.98 Å². The van der Waals surface area contributed by atoms with Gasteiger partial charge in [0.05, 0.1) is 11.9 Å². The Kier molecular flexibility index (Phi) is 2.15. The molecule has 1 saturated heterocycles. The number of nitrogens with one attached hydrogen (secondary N) is 1. The average molecular weight is 246 g/mol. The number of anilines is 2. The number of carbonyl (C=O) groups excluding carboxylic acids is 2. The zero-order chi connectivity index (χ0) is 12.7. The Balaban J connectivity index is 1.99. The van der Waals surface area contributed by atoms with Crippen LogP contribution in [0.2, 0.25) is 0 Å². The van der Waals surface area contributed by atoms with Gasteiger partial charge < -0.3 is 5.73 Å². The van der Waals surface area contributed by atoms with E-state index in [9.17, 15) is 9.59 Å². The quantitative estimate of drug-likeness (QED) is 0.722. The highest BCUT2D eigenvalue weighted by Gasteiger charge is 2.27. The number of carbonyl (C=O) groups is 2. The molecule has 3 amide bonds. The second kappa shape index (κ2) is 3.69. The van der Waals surface area contributed by atoms with Crippen molar-refractivity contribution in [2.45, 2.75) is 6.42 Å². The predicted molar refractivity (Wildman–Crippen MR) is 62.9 cm³/mol. The number of aromatic nitrogens is 3. The zero-order valence-corrected chi connectivity index (χ0v) is 9.33. The number of pyridine rings is 1. The Morgan fingerprint density at radius 3 is 2.94 bits per heavy atom. The van der Waals surface area contributed by atoms with Gasteiger partial charge in [-0.15, -0.1) is 5.10 Å². The van der Waals surface area contributed by atoms with Gasteiger partial charge in [-0.05, 0) is 12.1 Å². The fourth-order valence-electron chi connectivity index (χ4n) is 1.76. The maximum Gasteiger partial charge on any atom is 0.330 e. The Labute approximate surface area is 101 Å². The van der Waals surface area contributed by atoms with Crippen LogP contribution in [0.5, 0.6) is 0 Å². The normalized spacial score (nSPS) is 16.1. The summed E-state index contributed by atoms with van der Waals surface area (Å²) in [5.74, 6) is -0.0325. The summed E-state index contributed by atoms with van der Waals surface area (Å²) in [5.41, 5.74) is 6.77. The summed E-state index contributed by atoms with van der Waals surface area (Å²) in [6.07, 6.45) is 1.85. The molecule has 8 heteroatoms. The minimum atomic E-state index is -0.505. The number of amides is 3. The molecule has 0 bridgehead atoms. The number of rotatable bonds is 1. The molecule has 1 fully saturated rings. The topological polar surface area (TPSA) is 106 Å². The lowest BCUT2D eigenvalue weighted by molar-refractivity contribution is -0.120. The van der Waals surface area contributed by atoms with E-state index in [1.54, 1.807) is 18.3 Å². The smallest absolute Gasteiger partial charge is 0.330 e. The highest BCUT2D eigenvalue weighted by atomic mass is 16.2. The van der Waals surface area contributed by atoms with Crippen molar-refractivity contribution in [1.82, 2.24) is 19.9 Å². The molecule has 0 unspecified atom stereocenters. The second-order valence-electron chi connectivity index (χ2n) is 3.93. The molecule has 18 heavy (non-hydrogen) atoms. The van der Waals surface area contributed by atoms with Crippen LogP contribution in [-0.2, 0) is 4.79 Å². The van der Waals surface area contributed by atoms with Gasteiger partial charge in [0.15, 0.2) is 5.65 Å². The van der Waals surface area contributed by atoms with Crippen LogP contribution < -0.4 is 16.0 Å². The molecule has 0 aromatic carbocycles. The summed E-state index contributed by atoms with van der Waals surface area (Å²) in [6.45, 7) is 0.275. The van der Waals surface area contributed by atoms with Gasteiger partial charge in [0.25, 0.3) is 5.95 Å². The minimum Gasteiger partial charge on any atom is -0.397 e. The third kappa shape index (κ3) is 1.63. The van der Waals surface area contributed by atoms with E-state index in [4.69, 9.17) is 5.73 Å². The van der Waals surface area contributed by atoms with Crippen molar-refractivity contribution in [3.63, 3.8) is 0 Å². The maximum absolute atomic E-state index is 11.6. The van der Waals surface area contributed by atoms with Crippen LogP contribution >= 0.6 is 0 Å². The molecular formula is C10H10N6O2. The molecule has 0 radical (unpaired) electrons. The number of imide groups is 1. The van der Waals surface area contributed by atoms with Crippen molar-refractivity contribution in [3.05, 3.63) is 18.3 Å². The molecule has 1 aliphatic heterocycles. The Bertz CT molecular complexity index is 649. The second-order valence-corrected chi connectivity index (χ2v) is 3.93. The van der Waals surface area contributed by atoms with Gasteiger partial charge in [-0.3, -0.25) is 15.0 Å². The van der Waals surface area contributed by atoms with Crippen LogP contribution in [-0.4, -0.2) is 33.1 Å². The van der Waals surface area contributed by atoms with Crippen molar-refractivity contribution < 1.29 is 9.59 Å². The lowest BCUT2D eigenvalue weighted by atomic mass is 10.3. The fourth-order valence-corrected chi connectivity index (χ4v) is 1.76. The van der Waals surface area contributed by atoms with E-state index >= 15 is 0 Å². The Morgan fingerprint density at radius 2 is 2.17 bits per heavy atom. The van der Waals surface area contributed by atoms with Gasteiger partial charge in [-0.25, -0.2) is 9.31 Å². The number of fused-ring (bicyclic) bond motifs is 1. The Morgan fingerprint density at radius 1 is 1.33 bits per heavy atom. The first kappa shape index (κ1) is 10.5. The summed E-state index contributed by atoms with van der Waals surface area (Å²) in [4.78, 5) is 28.2. The first-order chi connectivity index (χ1) is 8.63. The van der Waals surface area contributed by atoms with E-state index in [0.717, 1.165) is 0 Å². The third-order valence-electron chi connectivity index (χ3n) is 2.64. The third-order valence-corrected chi connectivity index (χ3v) is 2.64. The van der Waals surface area contributed by atoms with E-state index in [0.29, 0.717) is 11.3 Å². The molecule has 0 atom stereocenters. The summed E-state index contributed by atoms with van der Waals surface area (Å²) >= 11 is 0. The SMILES string of the molecule is Nc1ccc2nc(N3CCC(=O)NC3=O)nn2c1. The van der Waals surface area contributed by atoms with Crippen LogP contribution in [0, 0.1) is 0 Å². The molecule has 0 spiro atoms. The van der Waals surface area contributed by atoms with Crippen LogP contribution in [0.3, 0.4) is 0 Å². The van der Waals surface area contributed by atoms with Crippen molar-refractivity contribution in [2.75, 3.05) is 17.2 Å². The van der Waals surface area contributed by atoms with Crippen molar-refractivity contribution in [1.29, 1.82) is 0 Å². The fraction of sp³-hybridized carbons (Fsp3) is 0.200. The molecule has 2 aromatic rings. The monoisotopic (exact) mass is 246 g/mol. The summed E-state index contributed by atoms with van der Waals surface area (Å²) in [5, 5.41) is 6.37. The molecule has 3 N–H and O–H groups in total. The molecule has 3 heterocycles. The molecule has 0 aliphatic carbocycles. The Hall–Kier alpha value is -2.64. The minimum absolute atomic E-state index is 0.240. The highest BCUT2D eigenvalue weighted by Crippen LogP contribution is 2.14. The maximum atomic E-state index is 11.6. The summed E-state index contributed by atoms with van der Waals surface area (Å²) < 4.78 is 1.49. The lowest BCUT2D eigenvalue weighted by Crippen LogP contribution is -2.50. The molecule has 8 nitrogen and oxygen atoms in total. The average Bonchev–Trinajstić information content (AvgIpc) is 2.71. The van der Waals surface area contributed by atoms with Crippen LogP contribution in [0.4, 0.5) is 16.4 Å². The number of hydrogen-bond donors (Lipinski definition) is 2. The summed E-state index contributed by atoms with van der Waals surface area (Å²) in [7, 11) is 0. The van der Waals surface area contributed by atoms with Gasteiger partial charge in [-0.1, -0.05) is 0 Å². The summed E-state index contributed by atoms with van der Waals surface area (Å²) in [6, 6.07) is 2.90. The van der Waals surface area contributed by atoms with E-state index in [1.807, 2.05) is 0 Å². The van der Waals surface area contributed by atoms with Crippen LogP contribution in [0.15, 0.2) is 18.3 Å². The number of nitrogens with two attached hydrogens (primary N) is 1. The number of hydrogen-bond acceptors (Lipinski definition) is 5. The van der Waals surface area contributed by atoms with Crippen molar-refractivity contribution >= 4 is 29.2 Å². The number of nitrogen functional groups attached to an aromatic ring is 1. The van der Waals surface area contributed by atoms with E-state index < -0.39 is 6.03 Å². The van der Waals surface area contributed by atoms with Gasteiger partial charge in [0.2, 0.25) is 5.91 Å². The number of nitrogens with zero attached hydrogens (tertiary/aromatic N) is 4. The lowest BCUT2D eigenvalue weighted by Gasteiger charge is -2.22. The molecule has 0 saturated carbocycles. The van der Waals surface area contributed by atoms with Crippen LogP contribution in [0.1, 0.15) is 6.42 Å². The first-order valence-corrected chi connectivity index (χ1v) is 5.37. The van der Waals surface area contributed by atoms with E-state index in [-0.39, 0.29) is 24.8 Å². The van der Waals surface area contributed by atoms with Gasteiger partial charge >= 0.3 is 6.03 Å². The standard InChI is InChI=1S/C10H10N6O2/c11-6-1-2-7-12-9(14-16(7)5-6)15-4-3-8(17)13-10(15)18/h1-2,5H,3-4,11H2,(H,13,17,18). The molecule has 1 aliphatic rings. The molecule has 2 aromatic heterocycles. The van der Waals surface area contributed by atoms with Gasteiger partial charge in [0.1, 0.15) is 0 Å². The largest absolute Gasteiger partial charge is 0.397 e. The van der Waals surface area contributed by atoms with Gasteiger partial charge in [0, 0.05) is 13.0 Å². The molecular weight excluding hydrogens is 236 g/mol. The first-order valence-electron chi connectivity index (χ1n) is 5.37. The van der Waals surface area contributed by atoms with Crippen LogP contribution in [0.25, 0.3) is 5.65 Å². The van der Waals surface area contributed by atoms with Crippen molar-refractivity contribution in [2.24, 2.45) is 0 Å². The van der Waals surface area contributed by atoms with E-state index in [1.165, 1.54) is 9.42 Å².